The van der Waals surface area contributed by atoms with Crippen molar-refractivity contribution in [3.05, 3.63) is 0 Å². The predicted molar refractivity (Wildman–Crippen MR) is 71.2 cm³/mol. The maximum atomic E-state index is 11.8. The van der Waals surface area contributed by atoms with E-state index in [1.807, 2.05) is 0 Å². The molecule has 0 aromatic heterocycles. The summed E-state index contributed by atoms with van der Waals surface area (Å²) in [6.45, 7) is 3.42. The Morgan fingerprint density at radius 3 is 2.89 bits per heavy atom. The number of hydrogen-bond donors (Lipinski definition) is 1. The maximum absolute atomic E-state index is 11.8. The highest BCUT2D eigenvalue weighted by atomic mass is 16.5. The molecule has 0 aromatic rings. The van der Waals surface area contributed by atoms with Crippen molar-refractivity contribution < 1.29 is 9.53 Å². The van der Waals surface area contributed by atoms with Crippen LogP contribution in [0.3, 0.4) is 0 Å². The van der Waals surface area contributed by atoms with E-state index in [0.29, 0.717) is 12.1 Å². The zero-order valence-electron chi connectivity index (χ0n) is 11.7. The number of ether oxygens (including phenoxy) is 1. The van der Waals surface area contributed by atoms with E-state index in [9.17, 15) is 4.79 Å². The summed E-state index contributed by atoms with van der Waals surface area (Å²) >= 11 is 0. The lowest BCUT2D eigenvalue weighted by Crippen LogP contribution is -2.56. The number of carbonyl (C=O) groups is 1. The van der Waals surface area contributed by atoms with Crippen molar-refractivity contribution in [2.45, 2.75) is 69.5 Å². The van der Waals surface area contributed by atoms with Gasteiger partial charge < -0.3 is 10.5 Å². The maximum Gasteiger partial charge on any atom is 0.325 e. The van der Waals surface area contributed by atoms with Crippen LogP contribution in [-0.4, -0.2) is 42.1 Å². The number of methoxy groups -OCH3 is 1. The Morgan fingerprint density at radius 1 is 1.44 bits per heavy atom. The Bertz CT molecular complexity index is 308. The van der Waals surface area contributed by atoms with Crippen LogP contribution in [0, 0.1) is 0 Å². The zero-order chi connectivity index (χ0) is 13.2. The van der Waals surface area contributed by atoms with Crippen molar-refractivity contribution in [3.8, 4) is 0 Å². The van der Waals surface area contributed by atoms with Crippen molar-refractivity contribution in [1.82, 2.24) is 4.90 Å². The number of rotatable bonds is 3. The molecule has 0 bridgehead atoms. The molecule has 3 atom stereocenters. The van der Waals surface area contributed by atoms with Crippen molar-refractivity contribution in [2.24, 2.45) is 5.73 Å². The van der Waals surface area contributed by atoms with Gasteiger partial charge in [0.15, 0.2) is 0 Å². The minimum absolute atomic E-state index is 0.237. The number of nitrogens with zero attached hydrogens (tertiary/aromatic N) is 1. The monoisotopic (exact) mass is 254 g/mol. The average molecular weight is 254 g/mol. The SMILES string of the molecule is CCC1CCCN1C1CCCC(N)(C(=O)OC)C1. The summed E-state index contributed by atoms with van der Waals surface area (Å²) in [5.41, 5.74) is 5.51. The van der Waals surface area contributed by atoms with Crippen LogP contribution in [0.15, 0.2) is 0 Å². The average Bonchev–Trinajstić information content (AvgIpc) is 2.86. The third-order valence-electron chi connectivity index (χ3n) is 4.71. The molecule has 2 aliphatic rings. The molecule has 2 N–H and O–H groups in total. The molecule has 1 saturated heterocycles. The first-order valence-electron chi connectivity index (χ1n) is 7.24. The van der Waals surface area contributed by atoms with Crippen LogP contribution in [0.25, 0.3) is 0 Å². The fraction of sp³-hybridized carbons (Fsp3) is 0.929. The largest absolute Gasteiger partial charge is 0.468 e. The minimum atomic E-state index is -0.751. The summed E-state index contributed by atoms with van der Waals surface area (Å²) in [6.07, 6.45) is 7.51. The Hall–Kier alpha value is -0.610. The molecule has 18 heavy (non-hydrogen) atoms. The molecule has 2 fully saturated rings. The lowest BCUT2D eigenvalue weighted by Gasteiger charge is -2.41. The first kappa shape index (κ1) is 13.8. The number of carbonyl (C=O) groups excluding carboxylic acids is 1. The molecule has 3 unspecified atom stereocenters. The van der Waals surface area contributed by atoms with Gasteiger partial charge in [0, 0.05) is 12.1 Å². The molecule has 0 spiro atoms. The highest BCUT2D eigenvalue weighted by Crippen LogP contribution is 2.34. The molecule has 104 valence electrons. The van der Waals surface area contributed by atoms with E-state index in [4.69, 9.17) is 10.5 Å². The number of nitrogens with two attached hydrogens (primary N) is 1. The minimum Gasteiger partial charge on any atom is -0.468 e. The van der Waals surface area contributed by atoms with Crippen LogP contribution in [0.2, 0.25) is 0 Å². The molecular formula is C14H26N2O2. The topological polar surface area (TPSA) is 55.6 Å². The van der Waals surface area contributed by atoms with E-state index in [1.54, 1.807) is 0 Å². The molecule has 1 heterocycles. The van der Waals surface area contributed by atoms with Crippen molar-refractivity contribution in [3.63, 3.8) is 0 Å². The van der Waals surface area contributed by atoms with E-state index in [1.165, 1.54) is 39.3 Å². The van der Waals surface area contributed by atoms with Gasteiger partial charge in [0.2, 0.25) is 0 Å². The summed E-state index contributed by atoms with van der Waals surface area (Å²) in [5.74, 6) is -0.237. The fourth-order valence-corrected chi connectivity index (χ4v) is 3.73. The third kappa shape index (κ3) is 2.54. The molecular weight excluding hydrogens is 228 g/mol. The Morgan fingerprint density at radius 2 is 2.22 bits per heavy atom. The van der Waals surface area contributed by atoms with Gasteiger partial charge in [-0.2, -0.15) is 0 Å². The molecule has 4 nitrogen and oxygen atoms in total. The number of likely N-dealkylation sites (tertiary alicyclic amines) is 1. The summed E-state index contributed by atoms with van der Waals surface area (Å²) in [6, 6.07) is 1.16. The summed E-state index contributed by atoms with van der Waals surface area (Å²) in [4.78, 5) is 14.4. The normalized spacial score (nSPS) is 37.7. The van der Waals surface area contributed by atoms with Crippen molar-refractivity contribution in [2.75, 3.05) is 13.7 Å². The van der Waals surface area contributed by atoms with Gasteiger partial charge in [-0.3, -0.25) is 9.69 Å². The lowest BCUT2D eigenvalue weighted by atomic mass is 9.79. The highest BCUT2D eigenvalue weighted by Gasteiger charge is 2.43. The van der Waals surface area contributed by atoms with E-state index in [2.05, 4.69) is 11.8 Å². The number of hydrogen-bond acceptors (Lipinski definition) is 4. The molecule has 0 aromatic carbocycles. The molecule has 1 aliphatic heterocycles. The molecule has 0 amide bonds. The quantitative estimate of drug-likeness (QED) is 0.778. The van der Waals surface area contributed by atoms with E-state index in [0.717, 1.165) is 19.3 Å². The predicted octanol–water partition coefficient (Wildman–Crippen LogP) is 1.67. The van der Waals surface area contributed by atoms with Gasteiger partial charge in [-0.05, 0) is 51.5 Å². The van der Waals surface area contributed by atoms with Crippen LogP contribution >= 0.6 is 0 Å². The Labute approximate surface area is 110 Å². The second-order valence-electron chi connectivity index (χ2n) is 5.84. The van der Waals surface area contributed by atoms with Gasteiger partial charge in [-0.25, -0.2) is 0 Å². The van der Waals surface area contributed by atoms with Crippen molar-refractivity contribution >= 4 is 5.97 Å². The molecule has 0 radical (unpaired) electrons. The zero-order valence-corrected chi connectivity index (χ0v) is 11.7. The van der Waals surface area contributed by atoms with E-state index < -0.39 is 5.54 Å². The van der Waals surface area contributed by atoms with Crippen molar-refractivity contribution in [1.29, 1.82) is 0 Å². The van der Waals surface area contributed by atoms with Crippen LogP contribution in [0.1, 0.15) is 51.9 Å². The summed E-state index contributed by atoms with van der Waals surface area (Å²) < 4.78 is 4.87. The first-order chi connectivity index (χ1) is 8.60. The fourth-order valence-electron chi connectivity index (χ4n) is 3.73. The van der Waals surface area contributed by atoms with Gasteiger partial charge in [0.05, 0.1) is 7.11 Å². The molecule has 1 aliphatic carbocycles. The molecule has 2 rings (SSSR count). The van der Waals surface area contributed by atoms with E-state index in [-0.39, 0.29) is 5.97 Å². The van der Waals surface area contributed by atoms with Crippen LogP contribution in [0.5, 0.6) is 0 Å². The van der Waals surface area contributed by atoms with Crippen LogP contribution < -0.4 is 5.73 Å². The standard InChI is InChI=1S/C14H26N2O2/c1-3-11-7-5-9-16(11)12-6-4-8-14(15,10-12)13(17)18-2/h11-12H,3-10,15H2,1-2H3. The third-order valence-corrected chi connectivity index (χ3v) is 4.71. The Balaban J connectivity index is 2.04. The second kappa shape index (κ2) is 5.57. The Kier molecular flexibility index (Phi) is 4.28. The van der Waals surface area contributed by atoms with Gasteiger partial charge in [0.25, 0.3) is 0 Å². The van der Waals surface area contributed by atoms with E-state index >= 15 is 0 Å². The smallest absolute Gasteiger partial charge is 0.325 e. The highest BCUT2D eigenvalue weighted by molar-refractivity contribution is 5.80. The number of esters is 1. The lowest BCUT2D eigenvalue weighted by molar-refractivity contribution is -0.149. The summed E-state index contributed by atoms with van der Waals surface area (Å²) in [5, 5.41) is 0. The van der Waals surface area contributed by atoms with Gasteiger partial charge in [-0.15, -0.1) is 0 Å². The van der Waals surface area contributed by atoms with Gasteiger partial charge in [0.1, 0.15) is 5.54 Å². The summed E-state index contributed by atoms with van der Waals surface area (Å²) in [7, 11) is 1.44. The van der Waals surface area contributed by atoms with Gasteiger partial charge in [-0.1, -0.05) is 6.92 Å². The first-order valence-corrected chi connectivity index (χ1v) is 7.24. The second-order valence-corrected chi connectivity index (χ2v) is 5.84. The molecule has 1 saturated carbocycles. The van der Waals surface area contributed by atoms with Crippen LogP contribution in [0.4, 0.5) is 0 Å². The van der Waals surface area contributed by atoms with Gasteiger partial charge >= 0.3 is 5.97 Å². The molecule has 4 heteroatoms. The van der Waals surface area contributed by atoms with Crippen LogP contribution in [-0.2, 0) is 9.53 Å².